The maximum Gasteiger partial charge on any atom is 0.413 e. The normalized spacial score (nSPS) is 14.4. The van der Waals surface area contributed by atoms with E-state index in [9.17, 15) is 9.59 Å². The summed E-state index contributed by atoms with van der Waals surface area (Å²) in [6.07, 6.45) is 1.26. The van der Waals surface area contributed by atoms with E-state index in [0.717, 1.165) is 40.8 Å². The summed E-state index contributed by atoms with van der Waals surface area (Å²) in [4.78, 5) is 24.9. The number of aryl methyl sites for hydroxylation is 1. The van der Waals surface area contributed by atoms with Crippen LogP contribution in [0.4, 0.5) is 10.6 Å². The van der Waals surface area contributed by atoms with Gasteiger partial charge in [-0.3, -0.25) is 10.1 Å². The van der Waals surface area contributed by atoms with Gasteiger partial charge < -0.3 is 9.47 Å². The number of nitrogens with one attached hydrogen (secondary N) is 1. The molecule has 1 aliphatic rings. The van der Waals surface area contributed by atoms with Crippen LogP contribution in [-0.2, 0) is 26.1 Å². The Morgan fingerprint density at radius 1 is 0.974 bits per heavy atom. The summed E-state index contributed by atoms with van der Waals surface area (Å²) in [5.41, 5.74) is 4.88. The quantitative estimate of drug-likeness (QED) is 0.292. The van der Waals surface area contributed by atoms with Crippen LogP contribution in [0.3, 0.4) is 0 Å². The third kappa shape index (κ3) is 4.89. The largest absolute Gasteiger partial charge is 0.468 e. The van der Waals surface area contributed by atoms with Crippen molar-refractivity contribution in [2.45, 2.75) is 44.6 Å². The van der Waals surface area contributed by atoms with Gasteiger partial charge in [0, 0.05) is 0 Å². The standard InChI is InChI=1S/C30H30N4O4/c1-4-26-27(31-29(36)38-20(2)21-8-6-5-7-9-21)34(33-32-26)25-16-12-23(13-17-25)22-10-14-24(15-11-22)30(18-19-30)28(35)37-3/h5-17,20H,4,18-19H2,1-3H3,(H,31,36). The van der Waals surface area contributed by atoms with Crippen LogP contribution in [0.2, 0.25) is 0 Å². The molecule has 1 amide bonds. The maximum absolute atomic E-state index is 12.7. The molecule has 3 aromatic carbocycles. The van der Waals surface area contributed by atoms with Crippen molar-refractivity contribution in [1.82, 2.24) is 15.0 Å². The summed E-state index contributed by atoms with van der Waals surface area (Å²) >= 11 is 0. The van der Waals surface area contributed by atoms with Crippen molar-refractivity contribution in [2.75, 3.05) is 12.4 Å². The number of hydrogen-bond donors (Lipinski definition) is 1. The van der Waals surface area contributed by atoms with E-state index in [1.807, 2.05) is 92.7 Å². The number of nitrogens with zero attached hydrogens (tertiary/aromatic N) is 3. The summed E-state index contributed by atoms with van der Waals surface area (Å²) in [5, 5.41) is 11.4. The fourth-order valence-corrected chi connectivity index (χ4v) is 4.64. The van der Waals surface area contributed by atoms with Crippen LogP contribution < -0.4 is 5.32 Å². The van der Waals surface area contributed by atoms with E-state index in [4.69, 9.17) is 9.47 Å². The fraction of sp³-hybridized carbons (Fsp3) is 0.267. The van der Waals surface area contributed by atoms with Crippen molar-refractivity contribution in [3.05, 3.63) is 95.7 Å². The van der Waals surface area contributed by atoms with Crippen molar-refractivity contribution in [3.63, 3.8) is 0 Å². The molecule has 8 heteroatoms. The molecule has 38 heavy (non-hydrogen) atoms. The molecule has 1 aromatic heterocycles. The molecule has 1 aliphatic carbocycles. The van der Waals surface area contributed by atoms with Crippen molar-refractivity contribution >= 4 is 17.9 Å². The van der Waals surface area contributed by atoms with Gasteiger partial charge >= 0.3 is 12.1 Å². The minimum atomic E-state index is -0.572. The monoisotopic (exact) mass is 510 g/mol. The topological polar surface area (TPSA) is 95.3 Å². The van der Waals surface area contributed by atoms with Crippen LogP contribution in [0.25, 0.3) is 16.8 Å². The summed E-state index contributed by atoms with van der Waals surface area (Å²) in [6.45, 7) is 3.78. The first-order chi connectivity index (χ1) is 18.4. The molecule has 5 rings (SSSR count). The predicted molar refractivity (Wildman–Crippen MR) is 144 cm³/mol. The number of rotatable bonds is 8. The Bertz CT molecular complexity index is 1430. The molecule has 194 valence electrons. The number of carbonyl (C=O) groups excluding carboxylic acids is 2. The Kier molecular flexibility index (Phi) is 6.96. The van der Waals surface area contributed by atoms with Gasteiger partial charge in [0.2, 0.25) is 0 Å². The summed E-state index contributed by atoms with van der Waals surface area (Å²) in [7, 11) is 1.44. The van der Waals surface area contributed by atoms with E-state index in [1.54, 1.807) is 4.68 Å². The average Bonchev–Trinajstić information content (AvgIpc) is 3.68. The van der Waals surface area contributed by atoms with E-state index in [0.29, 0.717) is 17.9 Å². The molecule has 4 aromatic rings. The van der Waals surface area contributed by atoms with Crippen molar-refractivity contribution in [3.8, 4) is 16.8 Å². The first kappa shape index (κ1) is 25.2. The van der Waals surface area contributed by atoms with Crippen molar-refractivity contribution in [2.24, 2.45) is 0 Å². The smallest absolute Gasteiger partial charge is 0.413 e. The molecule has 0 saturated heterocycles. The van der Waals surface area contributed by atoms with Gasteiger partial charge in [-0.1, -0.05) is 78.9 Å². The Hall–Kier alpha value is -4.46. The van der Waals surface area contributed by atoms with E-state index in [1.165, 1.54) is 7.11 Å². The second-order valence-corrected chi connectivity index (χ2v) is 9.43. The van der Waals surface area contributed by atoms with Crippen molar-refractivity contribution in [1.29, 1.82) is 0 Å². The van der Waals surface area contributed by atoms with Gasteiger partial charge in [-0.05, 0) is 60.6 Å². The number of carbonyl (C=O) groups is 2. The van der Waals surface area contributed by atoms with E-state index in [2.05, 4.69) is 15.6 Å². The Morgan fingerprint density at radius 2 is 1.61 bits per heavy atom. The molecular weight excluding hydrogens is 480 g/mol. The number of aromatic nitrogens is 3. The third-order valence-corrected chi connectivity index (χ3v) is 7.06. The molecule has 0 spiro atoms. The number of esters is 1. The SMILES string of the molecule is CCc1nnn(-c2ccc(-c3ccc(C4(C(=O)OC)CC4)cc3)cc2)c1NC(=O)OC(C)c1ccccc1. The van der Waals surface area contributed by atoms with Crippen LogP contribution >= 0.6 is 0 Å². The number of benzene rings is 3. The molecule has 1 heterocycles. The second-order valence-electron chi connectivity index (χ2n) is 9.43. The Morgan fingerprint density at radius 3 is 2.18 bits per heavy atom. The zero-order valence-electron chi connectivity index (χ0n) is 21.7. The molecule has 0 bridgehead atoms. The summed E-state index contributed by atoms with van der Waals surface area (Å²) < 4.78 is 12.2. The summed E-state index contributed by atoms with van der Waals surface area (Å²) in [6, 6.07) is 25.5. The number of hydrogen-bond acceptors (Lipinski definition) is 6. The van der Waals surface area contributed by atoms with Gasteiger partial charge in [0.15, 0.2) is 5.82 Å². The van der Waals surface area contributed by atoms with Gasteiger partial charge in [-0.25, -0.2) is 4.79 Å². The zero-order valence-corrected chi connectivity index (χ0v) is 21.7. The van der Waals surface area contributed by atoms with Crippen LogP contribution in [0.15, 0.2) is 78.9 Å². The van der Waals surface area contributed by atoms with Gasteiger partial charge in [0.05, 0.1) is 18.2 Å². The maximum atomic E-state index is 12.7. The Labute approximate surface area is 221 Å². The Balaban J connectivity index is 1.32. The molecule has 1 fully saturated rings. The first-order valence-corrected chi connectivity index (χ1v) is 12.7. The van der Waals surface area contributed by atoms with Crippen LogP contribution in [0, 0.1) is 0 Å². The van der Waals surface area contributed by atoms with Crippen molar-refractivity contribution < 1.29 is 19.1 Å². The van der Waals surface area contributed by atoms with Gasteiger partial charge in [0.25, 0.3) is 0 Å². The lowest BCUT2D eigenvalue weighted by Gasteiger charge is -2.15. The molecule has 1 N–H and O–H groups in total. The molecule has 1 unspecified atom stereocenters. The summed E-state index contributed by atoms with van der Waals surface area (Å²) in [5.74, 6) is 0.309. The molecule has 0 radical (unpaired) electrons. The number of anilines is 1. The molecule has 8 nitrogen and oxygen atoms in total. The van der Waals surface area contributed by atoms with Gasteiger partial charge in [-0.15, -0.1) is 5.10 Å². The minimum absolute atomic E-state index is 0.170. The van der Waals surface area contributed by atoms with Crippen LogP contribution in [0.1, 0.15) is 49.6 Å². The third-order valence-electron chi connectivity index (χ3n) is 7.06. The lowest BCUT2D eigenvalue weighted by atomic mass is 9.94. The number of ether oxygens (including phenoxy) is 2. The minimum Gasteiger partial charge on any atom is -0.468 e. The van der Waals surface area contributed by atoms with Crippen LogP contribution in [0.5, 0.6) is 0 Å². The average molecular weight is 511 g/mol. The highest BCUT2D eigenvalue weighted by molar-refractivity contribution is 5.87. The predicted octanol–water partition coefficient (Wildman–Crippen LogP) is 6.01. The molecule has 1 saturated carbocycles. The lowest BCUT2D eigenvalue weighted by Crippen LogP contribution is -2.21. The molecule has 1 atom stereocenters. The van der Waals surface area contributed by atoms with Crippen LogP contribution in [-0.4, -0.2) is 34.2 Å². The molecular formula is C30H30N4O4. The zero-order chi connectivity index (χ0) is 26.7. The highest BCUT2D eigenvalue weighted by Crippen LogP contribution is 2.49. The fourth-order valence-electron chi connectivity index (χ4n) is 4.64. The number of methoxy groups -OCH3 is 1. The van der Waals surface area contributed by atoms with E-state index in [-0.39, 0.29) is 5.97 Å². The second kappa shape index (κ2) is 10.5. The highest BCUT2D eigenvalue weighted by Gasteiger charge is 2.52. The van der Waals surface area contributed by atoms with E-state index < -0.39 is 17.6 Å². The van der Waals surface area contributed by atoms with E-state index >= 15 is 0 Å². The van der Waals surface area contributed by atoms with Gasteiger partial charge in [0.1, 0.15) is 11.8 Å². The lowest BCUT2D eigenvalue weighted by molar-refractivity contribution is -0.143. The highest BCUT2D eigenvalue weighted by atomic mass is 16.6. The number of amides is 1. The molecule has 0 aliphatic heterocycles. The first-order valence-electron chi connectivity index (χ1n) is 12.7. The van der Waals surface area contributed by atoms with Gasteiger partial charge in [-0.2, -0.15) is 4.68 Å².